The van der Waals surface area contributed by atoms with Crippen molar-refractivity contribution in [2.24, 2.45) is 21.8 Å². The molecule has 10 heteroatoms. The molecule has 3 nitrogen and oxygen atoms in total. The molecule has 0 aliphatic heterocycles. The molecule has 0 radical (unpaired) electrons. The number of alkyl halides is 6. The van der Waals surface area contributed by atoms with Gasteiger partial charge in [0, 0.05) is 17.7 Å². The highest BCUT2D eigenvalue weighted by molar-refractivity contribution is 6.65. The Kier molecular flexibility index (Phi) is 15.3. The highest BCUT2D eigenvalue weighted by Gasteiger charge is 2.34. The maximum absolute atomic E-state index is 13.2. The van der Waals surface area contributed by atoms with Crippen LogP contribution in [-0.4, -0.2) is 23.2 Å². The minimum Gasteiger partial charge on any atom is -0.489 e. The van der Waals surface area contributed by atoms with Crippen molar-refractivity contribution in [3.63, 3.8) is 0 Å². The molecule has 1 unspecified atom stereocenters. The second-order valence-electron chi connectivity index (χ2n) is 8.75. The van der Waals surface area contributed by atoms with Crippen LogP contribution in [0, 0.1) is 11.8 Å². The van der Waals surface area contributed by atoms with Crippen LogP contribution in [0.15, 0.2) is 70.1 Å². The molecule has 0 heterocycles. The molecule has 0 bridgehead atoms. The van der Waals surface area contributed by atoms with Gasteiger partial charge in [-0.2, -0.15) is 26.3 Å². The van der Waals surface area contributed by atoms with Gasteiger partial charge in [0.15, 0.2) is 0 Å². The van der Waals surface area contributed by atoms with Gasteiger partial charge in [0.05, 0.1) is 5.71 Å². The molecule has 0 amide bonds. The molecule has 0 spiro atoms. The molecule has 0 N–H and O–H groups in total. The summed E-state index contributed by atoms with van der Waals surface area (Å²) in [6, 6.07) is 7.16. The van der Waals surface area contributed by atoms with E-state index in [9.17, 15) is 26.3 Å². The van der Waals surface area contributed by atoms with Crippen molar-refractivity contribution in [3.05, 3.63) is 71.3 Å². The Morgan fingerprint density at radius 3 is 1.97 bits per heavy atom. The molecule has 1 atom stereocenters. The van der Waals surface area contributed by atoms with E-state index in [4.69, 9.17) is 16.3 Å². The monoisotopic (exact) mass is 566 g/mol. The average Bonchev–Trinajstić information content (AvgIpc) is 2.85. The summed E-state index contributed by atoms with van der Waals surface area (Å²) in [6.07, 6.45) is -4.58. The van der Waals surface area contributed by atoms with Gasteiger partial charge in [-0.25, -0.2) is 9.98 Å². The fourth-order valence-corrected chi connectivity index (χ4v) is 2.51. The smallest absolute Gasteiger partial charge is 0.433 e. The predicted octanol–water partition coefficient (Wildman–Crippen LogP) is 10.2. The van der Waals surface area contributed by atoms with Gasteiger partial charge in [-0.1, -0.05) is 83.1 Å². The average molecular weight is 567 g/mol. The van der Waals surface area contributed by atoms with E-state index in [1.165, 1.54) is 6.92 Å². The fraction of sp³-hybridized carbons (Fsp3) is 0.500. The number of rotatable bonds is 10. The maximum atomic E-state index is 13.2. The van der Waals surface area contributed by atoms with E-state index in [-0.39, 0.29) is 12.5 Å². The summed E-state index contributed by atoms with van der Waals surface area (Å²) in [5.74, 6) is -0.854. The van der Waals surface area contributed by atoms with Crippen LogP contribution in [0.2, 0.25) is 0 Å². The Labute approximate surface area is 227 Å². The zero-order valence-electron chi connectivity index (χ0n) is 22.9. The number of benzene rings is 1. The lowest BCUT2D eigenvalue weighted by molar-refractivity contribution is -0.164. The van der Waals surface area contributed by atoms with Crippen molar-refractivity contribution >= 4 is 22.5 Å². The minimum atomic E-state index is -4.49. The number of halogens is 7. The first-order valence-electron chi connectivity index (χ1n) is 12.2. The lowest BCUT2D eigenvalue weighted by Crippen LogP contribution is -2.17. The number of ether oxygens (including phenoxy) is 1. The highest BCUT2D eigenvalue weighted by atomic mass is 35.5. The molecular formula is C28H37ClF6N2O. The summed E-state index contributed by atoms with van der Waals surface area (Å²) in [5.41, 5.74) is 1.79. The van der Waals surface area contributed by atoms with Gasteiger partial charge < -0.3 is 4.74 Å². The van der Waals surface area contributed by atoms with Crippen LogP contribution >= 0.6 is 11.6 Å². The second-order valence-corrected chi connectivity index (χ2v) is 9.19. The van der Waals surface area contributed by atoms with Gasteiger partial charge in [0.2, 0.25) is 0 Å². The van der Waals surface area contributed by atoms with Crippen LogP contribution in [0.5, 0.6) is 0 Å². The van der Waals surface area contributed by atoms with Crippen LogP contribution in [0.4, 0.5) is 26.3 Å². The van der Waals surface area contributed by atoms with Crippen molar-refractivity contribution in [3.8, 4) is 0 Å². The summed E-state index contributed by atoms with van der Waals surface area (Å²) in [7, 11) is 0. The van der Waals surface area contributed by atoms with Crippen LogP contribution in [0.1, 0.15) is 72.4 Å². The first-order valence-corrected chi connectivity index (χ1v) is 12.5. The Bertz CT molecular complexity index is 1000. The molecule has 0 aromatic heterocycles. The van der Waals surface area contributed by atoms with Gasteiger partial charge in [-0.15, -0.1) is 0 Å². The van der Waals surface area contributed by atoms with Gasteiger partial charge in [0.25, 0.3) is 0 Å². The van der Waals surface area contributed by atoms with E-state index >= 15 is 0 Å². The Balaban J connectivity index is 0.00000171. The van der Waals surface area contributed by atoms with Crippen molar-refractivity contribution in [1.82, 2.24) is 0 Å². The SMILES string of the molecule is C=C(OCc1ccc(C(=N/C(=C\C)C(F)(F)F)C(C)CC)cc1)/C(C)=C\N=C(Cl)CC.CC(C)C(F)(F)F. The van der Waals surface area contributed by atoms with Crippen molar-refractivity contribution in [1.29, 1.82) is 0 Å². The normalized spacial score (nSPS) is 14.7. The number of nitrogens with zero attached hydrogens (tertiary/aromatic N) is 2. The summed E-state index contributed by atoms with van der Waals surface area (Å²) in [6.45, 7) is 15.3. The zero-order chi connectivity index (χ0) is 29.7. The van der Waals surface area contributed by atoms with Crippen LogP contribution in [0.3, 0.4) is 0 Å². The fourth-order valence-electron chi connectivity index (χ4n) is 2.46. The molecule has 0 saturated heterocycles. The summed E-state index contributed by atoms with van der Waals surface area (Å²) >= 11 is 5.88. The summed E-state index contributed by atoms with van der Waals surface area (Å²) in [4.78, 5) is 8.06. The van der Waals surface area contributed by atoms with E-state index in [2.05, 4.69) is 16.6 Å². The largest absolute Gasteiger partial charge is 0.489 e. The second kappa shape index (κ2) is 16.4. The Morgan fingerprint density at radius 2 is 1.58 bits per heavy atom. The molecule has 1 rings (SSSR count). The lowest BCUT2D eigenvalue weighted by atomic mass is 9.95. The topological polar surface area (TPSA) is 34.0 Å². The van der Waals surface area contributed by atoms with E-state index in [0.29, 0.717) is 35.0 Å². The maximum Gasteiger partial charge on any atom is 0.433 e. The number of allylic oxidation sites excluding steroid dienone is 3. The molecular weight excluding hydrogens is 530 g/mol. The van der Waals surface area contributed by atoms with E-state index in [0.717, 1.165) is 31.1 Å². The third-order valence-electron chi connectivity index (χ3n) is 5.33. The third-order valence-corrected chi connectivity index (χ3v) is 5.70. The molecule has 0 aliphatic rings. The van der Waals surface area contributed by atoms with E-state index < -0.39 is 24.0 Å². The molecule has 0 saturated carbocycles. The highest BCUT2D eigenvalue weighted by Crippen LogP contribution is 2.28. The Morgan fingerprint density at radius 1 is 1.05 bits per heavy atom. The molecule has 0 aliphatic carbocycles. The summed E-state index contributed by atoms with van der Waals surface area (Å²) < 4.78 is 78.7. The molecule has 1 aromatic rings. The first kappa shape index (κ1) is 35.5. The molecule has 1 aromatic carbocycles. The first-order chi connectivity index (χ1) is 17.5. The Hall–Kier alpha value is -2.55. The molecule has 0 fully saturated rings. The van der Waals surface area contributed by atoms with Gasteiger partial charge in [-0.3, -0.25) is 0 Å². The quantitative estimate of drug-likeness (QED) is 0.120. The van der Waals surface area contributed by atoms with E-state index in [1.807, 2.05) is 39.8 Å². The van der Waals surface area contributed by atoms with Crippen LogP contribution in [-0.2, 0) is 11.3 Å². The van der Waals surface area contributed by atoms with Gasteiger partial charge in [0.1, 0.15) is 23.2 Å². The minimum absolute atomic E-state index is 0.123. The van der Waals surface area contributed by atoms with Crippen molar-refractivity contribution in [2.75, 3.05) is 0 Å². The molecule has 38 heavy (non-hydrogen) atoms. The van der Waals surface area contributed by atoms with Crippen LogP contribution in [0.25, 0.3) is 0 Å². The predicted molar refractivity (Wildman–Crippen MR) is 144 cm³/mol. The van der Waals surface area contributed by atoms with Gasteiger partial charge >= 0.3 is 12.4 Å². The van der Waals surface area contributed by atoms with Gasteiger partial charge in [-0.05, 0) is 43.7 Å². The number of aliphatic imine (C=N–C) groups is 2. The molecule has 214 valence electrons. The lowest BCUT2D eigenvalue weighted by Gasteiger charge is -2.16. The van der Waals surface area contributed by atoms with Crippen molar-refractivity contribution < 1.29 is 31.1 Å². The van der Waals surface area contributed by atoms with Crippen molar-refractivity contribution in [2.45, 2.75) is 80.3 Å². The number of hydrogen-bond acceptors (Lipinski definition) is 3. The third kappa shape index (κ3) is 13.3. The summed E-state index contributed by atoms with van der Waals surface area (Å²) in [5, 5.41) is 0.494. The van der Waals surface area contributed by atoms with Crippen LogP contribution < -0.4 is 0 Å². The zero-order valence-corrected chi connectivity index (χ0v) is 23.7. The number of hydrogen-bond donors (Lipinski definition) is 0. The standard InChI is InChI=1S/C24H30ClF3N2O.C4H7F3/c1-7-16(4)23(30-21(8-2)24(26,27)28)20-12-10-19(11-13-20)15-31-18(6)17(5)14-29-22(25)9-3;1-3(2)4(5,6)7/h8,10-14,16H,6-7,9,15H2,1-5H3;3H,1-2H3/b17-14-,21-8-,29-22?,30-23?;. The van der Waals surface area contributed by atoms with E-state index in [1.54, 1.807) is 18.3 Å².